The van der Waals surface area contributed by atoms with Crippen LogP contribution in [0.1, 0.15) is 31.3 Å². The quantitative estimate of drug-likeness (QED) is 0.684. The van der Waals surface area contributed by atoms with Crippen molar-refractivity contribution in [1.29, 1.82) is 5.26 Å². The van der Waals surface area contributed by atoms with Gasteiger partial charge in [-0.25, -0.2) is 4.98 Å². The van der Waals surface area contributed by atoms with Crippen molar-refractivity contribution < 1.29 is 0 Å². The van der Waals surface area contributed by atoms with Crippen LogP contribution in [0, 0.1) is 11.3 Å². The Labute approximate surface area is 77.2 Å². The molecule has 1 atom stereocenters. The zero-order valence-electron chi connectivity index (χ0n) is 7.13. The second-order valence-electron chi connectivity index (χ2n) is 2.63. The van der Waals surface area contributed by atoms with Crippen LogP contribution in [0.3, 0.4) is 0 Å². The minimum atomic E-state index is -0.162. The Bertz CT molecular complexity index is 311. The predicted octanol–water partition coefficient (Wildman–Crippen LogP) is 1.89. The van der Waals surface area contributed by atoms with E-state index in [1.54, 1.807) is 0 Å². The van der Waals surface area contributed by atoms with E-state index in [2.05, 4.69) is 28.7 Å². The van der Waals surface area contributed by atoms with Gasteiger partial charge in [0.05, 0.1) is 17.7 Å². The summed E-state index contributed by atoms with van der Waals surface area (Å²) in [5.41, 5.74) is 0.817. The molecule has 0 saturated carbocycles. The van der Waals surface area contributed by atoms with E-state index >= 15 is 0 Å². The molecule has 0 aliphatic carbocycles. The van der Waals surface area contributed by atoms with Crippen molar-refractivity contribution in [3.8, 4) is 6.07 Å². The fourth-order valence-electron chi connectivity index (χ4n) is 0.961. The number of thiol groups is 1. The van der Waals surface area contributed by atoms with Crippen molar-refractivity contribution >= 4 is 12.6 Å². The molecule has 64 valence electrons. The number of nitrogens with one attached hydrogen (secondary N) is 1. The van der Waals surface area contributed by atoms with Gasteiger partial charge in [-0.3, -0.25) is 0 Å². The van der Waals surface area contributed by atoms with Gasteiger partial charge >= 0.3 is 0 Å². The number of hydrogen-bond acceptors (Lipinski definition) is 3. The third-order valence-electron chi connectivity index (χ3n) is 1.72. The van der Waals surface area contributed by atoms with Gasteiger partial charge in [0.25, 0.3) is 0 Å². The summed E-state index contributed by atoms with van der Waals surface area (Å²) in [6.45, 7) is 3.83. The Hall–Kier alpha value is -0.950. The first-order valence-corrected chi connectivity index (χ1v) is 4.31. The van der Waals surface area contributed by atoms with Gasteiger partial charge in [0.15, 0.2) is 0 Å². The molecule has 0 saturated heterocycles. The van der Waals surface area contributed by atoms with E-state index in [0.717, 1.165) is 17.9 Å². The van der Waals surface area contributed by atoms with Crippen molar-refractivity contribution in [2.75, 3.05) is 0 Å². The van der Waals surface area contributed by atoms with Gasteiger partial charge in [-0.2, -0.15) is 5.26 Å². The Morgan fingerprint density at radius 1 is 1.75 bits per heavy atom. The third kappa shape index (κ3) is 1.62. The van der Waals surface area contributed by atoms with E-state index < -0.39 is 0 Å². The lowest BCUT2D eigenvalue weighted by Gasteiger charge is -1.97. The lowest BCUT2D eigenvalue weighted by Crippen LogP contribution is -1.91. The van der Waals surface area contributed by atoms with Crippen LogP contribution in [0.5, 0.6) is 0 Å². The van der Waals surface area contributed by atoms with Gasteiger partial charge in [-0.1, -0.05) is 6.92 Å². The van der Waals surface area contributed by atoms with E-state index in [1.165, 1.54) is 0 Å². The molecular weight excluding hydrogens is 170 g/mol. The first kappa shape index (κ1) is 9.14. The first-order valence-electron chi connectivity index (χ1n) is 3.86. The van der Waals surface area contributed by atoms with Crippen LogP contribution in [0.4, 0.5) is 0 Å². The molecule has 0 bridgehead atoms. The molecule has 1 aromatic rings. The van der Waals surface area contributed by atoms with Gasteiger partial charge in [0.1, 0.15) is 10.9 Å². The third-order valence-corrected chi connectivity index (χ3v) is 2.06. The minimum Gasteiger partial charge on any atom is -0.344 e. The minimum absolute atomic E-state index is 0.162. The highest BCUT2D eigenvalue weighted by Crippen LogP contribution is 2.19. The van der Waals surface area contributed by atoms with Crippen LogP contribution >= 0.6 is 12.6 Å². The highest BCUT2D eigenvalue weighted by atomic mass is 32.1. The molecule has 1 N–H and O–H groups in total. The van der Waals surface area contributed by atoms with Crippen molar-refractivity contribution in [2.45, 2.75) is 31.2 Å². The van der Waals surface area contributed by atoms with E-state index in [-0.39, 0.29) is 5.92 Å². The molecule has 0 radical (unpaired) electrons. The molecule has 1 unspecified atom stereocenters. The Kier molecular flexibility index (Phi) is 2.77. The summed E-state index contributed by atoms with van der Waals surface area (Å²) in [5, 5.41) is 9.30. The maximum absolute atomic E-state index is 8.66. The second kappa shape index (κ2) is 3.63. The van der Waals surface area contributed by atoms with E-state index in [4.69, 9.17) is 5.26 Å². The standard InChI is InChI=1S/C8H11N3S/c1-3-6-10-7(5(2)4-9)8(12)11-6/h5,12H,3H2,1-2H3,(H,10,11). The lowest BCUT2D eigenvalue weighted by molar-refractivity contribution is 0.892. The summed E-state index contributed by atoms with van der Waals surface area (Å²) in [5.74, 6) is 0.724. The Morgan fingerprint density at radius 3 is 2.83 bits per heavy atom. The number of aromatic nitrogens is 2. The summed E-state index contributed by atoms with van der Waals surface area (Å²) < 4.78 is 0. The molecule has 0 aromatic carbocycles. The summed E-state index contributed by atoms with van der Waals surface area (Å²) >= 11 is 4.17. The average molecular weight is 181 g/mol. The highest BCUT2D eigenvalue weighted by molar-refractivity contribution is 7.80. The van der Waals surface area contributed by atoms with Gasteiger partial charge in [0.2, 0.25) is 0 Å². The fraction of sp³-hybridized carbons (Fsp3) is 0.500. The first-order chi connectivity index (χ1) is 5.69. The molecule has 1 aromatic heterocycles. The lowest BCUT2D eigenvalue weighted by atomic mass is 10.1. The van der Waals surface area contributed by atoms with E-state index in [1.807, 2.05) is 13.8 Å². The molecule has 0 spiro atoms. The van der Waals surface area contributed by atoms with Crippen molar-refractivity contribution in [1.82, 2.24) is 9.97 Å². The maximum atomic E-state index is 8.66. The number of nitrogens with zero attached hydrogens (tertiary/aromatic N) is 2. The average Bonchev–Trinajstić information content (AvgIpc) is 2.45. The number of aromatic amines is 1. The normalized spacial score (nSPS) is 12.5. The second-order valence-corrected chi connectivity index (χ2v) is 3.05. The van der Waals surface area contributed by atoms with Crippen LogP contribution in [0.2, 0.25) is 0 Å². The summed E-state index contributed by atoms with van der Waals surface area (Å²) in [6, 6.07) is 2.14. The number of H-pyrrole nitrogens is 1. The number of rotatable bonds is 2. The molecule has 4 heteroatoms. The smallest absolute Gasteiger partial charge is 0.116 e. The zero-order chi connectivity index (χ0) is 9.14. The Morgan fingerprint density at radius 2 is 2.42 bits per heavy atom. The van der Waals surface area contributed by atoms with Crippen molar-refractivity contribution in [3.05, 3.63) is 11.5 Å². The molecule has 0 fully saturated rings. The molecule has 1 rings (SSSR count). The van der Waals surface area contributed by atoms with Crippen LogP contribution in [0.25, 0.3) is 0 Å². The topological polar surface area (TPSA) is 52.5 Å². The van der Waals surface area contributed by atoms with Gasteiger partial charge in [-0.05, 0) is 6.92 Å². The molecule has 0 amide bonds. The van der Waals surface area contributed by atoms with E-state index in [9.17, 15) is 0 Å². The molecule has 0 aliphatic rings. The number of hydrogen-bond donors (Lipinski definition) is 2. The SMILES string of the molecule is CCc1nc(S)c(C(C)C#N)[nH]1. The van der Waals surface area contributed by atoms with E-state index in [0.29, 0.717) is 5.03 Å². The molecular formula is C8H11N3S. The molecule has 1 heterocycles. The molecule has 0 aliphatic heterocycles. The van der Waals surface area contributed by atoms with Crippen LogP contribution in [-0.4, -0.2) is 9.97 Å². The maximum Gasteiger partial charge on any atom is 0.116 e. The van der Waals surface area contributed by atoms with Crippen LogP contribution in [-0.2, 0) is 6.42 Å². The van der Waals surface area contributed by atoms with Gasteiger partial charge in [-0.15, -0.1) is 12.6 Å². The Balaban J connectivity index is 3.01. The number of nitriles is 1. The fourth-order valence-corrected chi connectivity index (χ4v) is 1.33. The monoisotopic (exact) mass is 181 g/mol. The summed E-state index contributed by atoms with van der Waals surface area (Å²) in [6.07, 6.45) is 0.839. The molecule has 3 nitrogen and oxygen atoms in total. The van der Waals surface area contributed by atoms with Crippen molar-refractivity contribution in [2.24, 2.45) is 0 Å². The predicted molar refractivity (Wildman–Crippen MR) is 49.2 cm³/mol. The molecule has 12 heavy (non-hydrogen) atoms. The summed E-state index contributed by atoms with van der Waals surface area (Å²) in [7, 11) is 0. The summed E-state index contributed by atoms with van der Waals surface area (Å²) in [4.78, 5) is 7.23. The van der Waals surface area contributed by atoms with Crippen LogP contribution in [0.15, 0.2) is 5.03 Å². The van der Waals surface area contributed by atoms with Crippen molar-refractivity contribution in [3.63, 3.8) is 0 Å². The van der Waals surface area contributed by atoms with Gasteiger partial charge in [0, 0.05) is 6.42 Å². The van der Waals surface area contributed by atoms with Gasteiger partial charge < -0.3 is 4.98 Å². The highest BCUT2D eigenvalue weighted by Gasteiger charge is 2.12. The zero-order valence-corrected chi connectivity index (χ0v) is 8.02. The largest absolute Gasteiger partial charge is 0.344 e. The number of imidazole rings is 1. The number of aryl methyl sites for hydroxylation is 1. The van der Waals surface area contributed by atoms with Crippen LogP contribution < -0.4 is 0 Å².